The molecule has 1 atom stereocenters. The molecule has 2 aliphatic rings. The minimum absolute atomic E-state index is 0.0393. The number of nitrogens with zero attached hydrogens (tertiary/aromatic N) is 3. The van der Waals surface area contributed by atoms with Gasteiger partial charge in [-0.25, -0.2) is 4.99 Å². The molecule has 1 aliphatic heterocycles. The first-order valence-corrected chi connectivity index (χ1v) is 8.61. The van der Waals surface area contributed by atoms with Crippen molar-refractivity contribution in [3.8, 4) is 0 Å². The Kier molecular flexibility index (Phi) is 4.53. The molecule has 2 amide bonds. The Labute approximate surface area is 144 Å². The zero-order chi connectivity index (χ0) is 17.3. The van der Waals surface area contributed by atoms with Gasteiger partial charge in [0.15, 0.2) is 0 Å². The lowest BCUT2D eigenvalue weighted by Crippen LogP contribution is -2.35. The molecule has 6 nitrogen and oxygen atoms in total. The second kappa shape index (κ2) is 6.60. The Morgan fingerprint density at radius 1 is 1.42 bits per heavy atom. The Morgan fingerprint density at radius 2 is 2.21 bits per heavy atom. The normalized spacial score (nSPS) is 21.6. The molecule has 0 spiro atoms. The molecule has 3 rings (SSSR count). The standard InChI is InChI=1S/C17H18N4O2S/c1-4-5-13-15(24-21-20-13)17(23)18-11-6-7-12-9(2)10(3)16(22)19-14(12)8-11/h6-8,12H,4-5H2,1-3H3,(H,19,22). The Hall–Kier alpha value is -2.41. The van der Waals surface area contributed by atoms with Gasteiger partial charge in [0, 0.05) is 17.2 Å². The van der Waals surface area contributed by atoms with E-state index in [4.69, 9.17) is 0 Å². The molecule has 1 aliphatic carbocycles. The van der Waals surface area contributed by atoms with Gasteiger partial charge in [-0.2, -0.15) is 0 Å². The molecule has 1 N–H and O–H groups in total. The fourth-order valence-electron chi connectivity index (χ4n) is 2.73. The molecule has 124 valence electrons. The molecule has 0 saturated heterocycles. The van der Waals surface area contributed by atoms with Gasteiger partial charge in [-0.3, -0.25) is 9.59 Å². The summed E-state index contributed by atoms with van der Waals surface area (Å²) in [5.41, 5.74) is 3.73. The van der Waals surface area contributed by atoms with Crippen LogP contribution in [0.3, 0.4) is 0 Å². The second-order valence-electron chi connectivity index (χ2n) is 5.84. The highest BCUT2D eigenvalue weighted by Gasteiger charge is 2.27. The first kappa shape index (κ1) is 16.4. The van der Waals surface area contributed by atoms with Crippen molar-refractivity contribution in [1.82, 2.24) is 14.9 Å². The number of aromatic nitrogens is 2. The van der Waals surface area contributed by atoms with E-state index >= 15 is 0 Å². The number of carbonyl (C=O) groups excluding carboxylic acids is 2. The number of nitrogens with one attached hydrogen (secondary N) is 1. The summed E-state index contributed by atoms with van der Waals surface area (Å²) in [6, 6.07) is 0. The maximum Gasteiger partial charge on any atom is 0.291 e. The molecular weight excluding hydrogens is 324 g/mol. The second-order valence-corrected chi connectivity index (χ2v) is 6.59. The van der Waals surface area contributed by atoms with Crippen molar-refractivity contribution in [2.45, 2.75) is 33.6 Å². The van der Waals surface area contributed by atoms with Crippen LogP contribution < -0.4 is 5.32 Å². The summed E-state index contributed by atoms with van der Waals surface area (Å²) in [6.45, 7) is 5.79. The number of amides is 2. The van der Waals surface area contributed by atoms with Crippen LogP contribution in [0.1, 0.15) is 42.6 Å². The van der Waals surface area contributed by atoms with E-state index in [9.17, 15) is 9.59 Å². The molecule has 0 saturated carbocycles. The molecule has 0 radical (unpaired) electrons. The van der Waals surface area contributed by atoms with E-state index in [-0.39, 0.29) is 17.7 Å². The lowest BCUT2D eigenvalue weighted by atomic mass is 9.85. The molecule has 0 bridgehead atoms. The lowest BCUT2D eigenvalue weighted by molar-refractivity contribution is -0.117. The van der Waals surface area contributed by atoms with Gasteiger partial charge in [-0.1, -0.05) is 29.5 Å². The highest BCUT2D eigenvalue weighted by atomic mass is 32.1. The van der Waals surface area contributed by atoms with E-state index in [1.165, 1.54) is 0 Å². The van der Waals surface area contributed by atoms with Gasteiger partial charge in [0.1, 0.15) is 4.88 Å². The molecular formula is C17H18N4O2S. The van der Waals surface area contributed by atoms with Crippen LogP contribution in [0.2, 0.25) is 0 Å². The highest BCUT2D eigenvalue weighted by molar-refractivity contribution is 7.08. The SMILES string of the molecule is CCCc1nnsc1C(=O)N=C1C=CC2C(=C1)NC(=O)C(C)=C2C. The van der Waals surface area contributed by atoms with Gasteiger partial charge in [-0.15, -0.1) is 5.10 Å². The van der Waals surface area contributed by atoms with Gasteiger partial charge in [0.05, 0.1) is 11.4 Å². The van der Waals surface area contributed by atoms with E-state index < -0.39 is 0 Å². The number of rotatable bonds is 3. The largest absolute Gasteiger partial charge is 0.325 e. The van der Waals surface area contributed by atoms with Crippen LogP contribution in [-0.2, 0) is 11.2 Å². The van der Waals surface area contributed by atoms with Crippen molar-refractivity contribution in [2.24, 2.45) is 10.9 Å². The smallest absolute Gasteiger partial charge is 0.291 e. The number of fused-ring (bicyclic) bond motifs is 1. The molecule has 0 aromatic carbocycles. The van der Waals surface area contributed by atoms with Gasteiger partial charge >= 0.3 is 0 Å². The first-order valence-electron chi connectivity index (χ1n) is 7.84. The first-order chi connectivity index (χ1) is 11.5. The van der Waals surface area contributed by atoms with Gasteiger partial charge in [-0.05, 0) is 44.0 Å². The zero-order valence-electron chi connectivity index (χ0n) is 13.8. The Morgan fingerprint density at radius 3 is 2.96 bits per heavy atom. The fraction of sp³-hybridized carbons (Fsp3) is 0.353. The van der Waals surface area contributed by atoms with Crippen LogP contribution in [-0.4, -0.2) is 27.1 Å². The van der Waals surface area contributed by atoms with Crippen LogP contribution >= 0.6 is 11.5 Å². The highest BCUT2D eigenvalue weighted by Crippen LogP contribution is 2.30. The van der Waals surface area contributed by atoms with Crippen LogP contribution in [0.15, 0.2) is 40.1 Å². The summed E-state index contributed by atoms with van der Waals surface area (Å²) in [7, 11) is 0. The number of hydrogen-bond acceptors (Lipinski definition) is 5. The molecule has 1 aromatic heterocycles. The van der Waals surface area contributed by atoms with E-state index in [1.807, 2.05) is 32.9 Å². The molecule has 2 heterocycles. The quantitative estimate of drug-likeness (QED) is 0.915. The minimum Gasteiger partial charge on any atom is -0.325 e. The number of aryl methyl sites for hydroxylation is 1. The number of carbonyl (C=O) groups is 2. The monoisotopic (exact) mass is 342 g/mol. The van der Waals surface area contributed by atoms with Crippen molar-refractivity contribution in [1.29, 1.82) is 0 Å². The maximum absolute atomic E-state index is 12.4. The van der Waals surface area contributed by atoms with Crippen molar-refractivity contribution in [2.75, 3.05) is 0 Å². The summed E-state index contributed by atoms with van der Waals surface area (Å²) < 4.78 is 3.85. The third-order valence-electron chi connectivity index (χ3n) is 4.22. The van der Waals surface area contributed by atoms with Gasteiger partial charge < -0.3 is 5.32 Å². The van der Waals surface area contributed by atoms with Gasteiger partial charge in [0.25, 0.3) is 11.8 Å². The van der Waals surface area contributed by atoms with E-state index in [0.717, 1.165) is 34.8 Å². The third kappa shape index (κ3) is 2.99. The van der Waals surface area contributed by atoms with E-state index in [2.05, 4.69) is 19.9 Å². The summed E-state index contributed by atoms with van der Waals surface area (Å²) in [4.78, 5) is 29.0. The summed E-state index contributed by atoms with van der Waals surface area (Å²) in [5, 5.41) is 6.86. The minimum atomic E-state index is -0.339. The average molecular weight is 342 g/mol. The predicted octanol–water partition coefficient (Wildman–Crippen LogP) is 2.61. The molecule has 24 heavy (non-hydrogen) atoms. The lowest BCUT2D eigenvalue weighted by Gasteiger charge is -2.28. The Balaban J connectivity index is 1.87. The zero-order valence-corrected chi connectivity index (χ0v) is 14.6. The topological polar surface area (TPSA) is 84.3 Å². The number of aliphatic imine (C=N–C) groups is 1. The van der Waals surface area contributed by atoms with E-state index in [0.29, 0.717) is 22.7 Å². The molecule has 7 heteroatoms. The summed E-state index contributed by atoms with van der Waals surface area (Å²) >= 11 is 1.07. The molecule has 1 unspecified atom stereocenters. The predicted molar refractivity (Wildman–Crippen MR) is 92.9 cm³/mol. The van der Waals surface area contributed by atoms with Gasteiger partial charge in [0.2, 0.25) is 0 Å². The van der Waals surface area contributed by atoms with Crippen molar-refractivity contribution in [3.63, 3.8) is 0 Å². The molecule has 1 aromatic rings. The van der Waals surface area contributed by atoms with Crippen LogP contribution in [0.4, 0.5) is 0 Å². The summed E-state index contributed by atoms with van der Waals surface area (Å²) in [6.07, 6.45) is 7.13. The van der Waals surface area contributed by atoms with E-state index in [1.54, 1.807) is 6.08 Å². The van der Waals surface area contributed by atoms with Crippen LogP contribution in [0, 0.1) is 5.92 Å². The van der Waals surface area contributed by atoms with Crippen molar-refractivity contribution >= 4 is 29.1 Å². The van der Waals surface area contributed by atoms with Crippen molar-refractivity contribution in [3.05, 3.63) is 45.6 Å². The maximum atomic E-state index is 12.4. The Bertz CT molecular complexity index is 829. The third-order valence-corrected chi connectivity index (χ3v) is 4.98. The number of hydrogen-bond donors (Lipinski definition) is 1. The summed E-state index contributed by atoms with van der Waals surface area (Å²) in [5.74, 6) is -0.403. The molecule has 0 fully saturated rings. The van der Waals surface area contributed by atoms with Crippen molar-refractivity contribution < 1.29 is 9.59 Å². The number of allylic oxidation sites excluding steroid dienone is 3. The average Bonchev–Trinajstić information content (AvgIpc) is 3.01. The fourth-order valence-corrected chi connectivity index (χ4v) is 3.33. The van der Waals surface area contributed by atoms with Crippen LogP contribution in [0.25, 0.3) is 0 Å². The van der Waals surface area contributed by atoms with Crippen LogP contribution in [0.5, 0.6) is 0 Å².